The number of rotatable bonds is 9. The summed E-state index contributed by atoms with van der Waals surface area (Å²) in [6, 6.07) is 11.1. The number of carbonyl (C=O) groups excluding carboxylic acids is 1. The minimum atomic E-state index is -0.822. The van der Waals surface area contributed by atoms with E-state index in [2.05, 4.69) is 22.0 Å². The van der Waals surface area contributed by atoms with Crippen LogP contribution in [0.15, 0.2) is 36.5 Å². The smallest absolute Gasteiger partial charge is 0.299 e. The lowest BCUT2D eigenvalue weighted by molar-refractivity contribution is -0.0756. The first kappa shape index (κ1) is 26.5. The van der Waals surface area contributed by atoms with E-state index in [0.29, 0.717) is 35.4 Å². The molecule has 2 heterocycles. The first-order valence-corrected chi connectivity index (χ1v) is 12.8. The number of anilines is 1. The van der Waals surface area contributed by atoms with Gasteiger partial charge in [-0.1, -0.05) is 18.3 Å². The van der Waals surface area contributed by atoms with Gasteiger partial charge in [0.15, 0.2) is 0 Å². The third kappa shape index (κ3) is 5.87. The highest BCUT2D eigenvalue weighted by Crippen LogP contribution is 2.33. The molecule has 1 saturated carbocycles. The minimum absolute atomic E-state index is 0.0384. The average molecular weight is 504 g/mol. The highest BCUT2D eigenvalue weighted by Gasteiger charge is 2.29. The molecule has 4 rings (SSSR count). The summed E-state index contributed by atoms with van der Waals surface area (Å²) in [5.74, 6) is 0.226. The van der Waals surface area contributed by atoms with E-state index in [-0.39, 0.29) is 12.1 Å². The van der Waals surface area contributed by atoms with Gasteiger partial charge in [0.2, 0.25) is 0 Å². The number of benzene rings is 1. The summed E-state index contributed by atoms with van der Waals surface area (Å²) < 4.78 is 7.20. The van der Waals surface area contributed by atoms with E-state index in [1.165, 1.54) is 0 Å². The fourth-order valence-electron chi connectivity index (χ4n) is 4.87. The molecule has 37 heavy (non-hydrogen) atoms. The van der Waals surface area contributed by atoms with Crippen molar-refractivity contribution < 1.29 is 14.4 Å². The predicted molar refractivity (Wildman–Crippen MR) is 141 cm³/mol. The number of nitrogens with one attached hydrogen (secondary N) is 1. The number of hydrogen-bond donors (Lipinski definition) is 2. The van der Waals surface area contributed by atoms with E-state index in [1.807, 2.05) is 33.8 Å². The predicted octanol–water partition coefficient (Wildman–Crippen LogP) is 4.29. The van der Waals surface area contributed by atoms with Crippen LogP contribution in [0.4, 0.5) is 5.69 Å². The second kappa shape index (κ2) is 11.2. The Morgan fingerprint density at radius 3 is 2.68 bits per heavy atom. The Balaban J connectivity index is 1.56. The van der Waals surface area contributed by atoms with Crippen molar-refractivity contribution in [3.05, 3.63) is 58.9 Å². The lowest BCUT2D eigenvalue weighted by Gasteiger charge is -2.32. The standard InChI is InChI=1S/C28H35N6O3/c1-5-36-20-12-10-19(11-13-20)27(35)33-37-28(3,4)16-25-18(2)26(32-23-9-7-6-8-22(23)30)21(17-29)24-14-15-31-34(24)25/h10-15,22-23,32H,5-9,16,30H2,1-4H3. The van der Waals surface area contributed by atoms with E-state index in [4.69, 9.17) is 15.3 Å². The summed E-state index contributed by atoms with van der Waals surface area (Å²) >= 11 is 0. The van der Waals surface area contributed by atoms with Crippen molar-refractivity contribution in [3.8, 4) is 11.8 Å². The molecule has 2 aromatic heterocycles. The van der Waals surface area contributed by atoms with Gasteiger partial charge in [-0.15, -0.1) is 0 Å². The van der Waals surface area contributed by atoms with Gasteiger partial charge in [-0.3, -0.25) is 4.79 Å². The number of aromatic nitrogens is 2. The molecule has 2 unspecified atom stereocenters. The van der Waals surface area contributed by atoms with Crippen LogP contribution in [0.25, 0.3) is 5.52 Å². The molecule has 2 atom stereocenters. The van der Waals surface area contributed by atoms with Gasteiger partial charge < -0.3 is 15.8 Å². The minimum Gasteiger partial charge on any atom is -0.494 e. The molecule has 1 aliphatic rings. The molecule has 1 aromatic carbocycles. The van der Waals surface area contributed by atoms with E-state index in [1.54, 1.807) is 35.0 Å². The van der Waals surface area contributed by atoms with Gasteiger partial charge in [0.1, 0.15) is 17.4 Å². The Morgan fingerprint density at radius 2 is 2.00 bits per heavy atom. The van der Waals surface area contributed by atoms with Crippen molar-refractivity contribution in [2.24, 2.45) is 5.73 Å². The Bertz CT molecular complexity index is 1290. The summed E-state index contributed by atoms with van der Waals surface area (Å²) in [6.45, 7) is 8.18. The SMILES string of the molecule is CCOc1ccc(C(=O)[N]OC(C)(C)Cc2c(C)c(NC3CCCCC3N)c(C#N)c3ccnn23)cc1. The first-order chi connectivity index (χ1) is 17.7. The Morgan fingerprint density at radius 1 is 1.27 bits per heavy atom. The average Bonchev–Trinajstić information content (AvgIpc) is 3.37. The Kier molecular flexibility index (Phi) is 8.00. The molecule has 0 aliphatic heterocycles. The molecule has 1 fully saturated rings. The van der Waals surface area contributed by atoms with Crippen LogP contribution in [-0.4, -0.2) is 39.8 Å². The number of nitrogens with two attached hydrogens (primary N) is 1. The van der Waals surface area contributed by atoms with E-state index < -0.39 is 11.5 Å². The molecular weight excluding hydrogens is 468 g/mol. The summed E-state index contributed by atoms with van der Waals surface area (Å²) in [5.41, 5.74) is 13.7. The largest absolute Gasteiger partial charge is 0.494 e. The zero-order chi connectivity index (χ0) is 26.6. The number of carbonyl (C=O) groups is 1. The van der Waals surface area contributed by atoms with Gasteiger partial charge in [0.25, 0.3) is 5.91 Å². The molecule has 3 aromatic rings. The fraction of sp³-hybridized carbons (Fsp3) is 0.464. The van der Waals surface area contributed by atoms with Gasteiger partial charge >= 0.3 is 0 Å². The summed E-state index contributed by atoms with van der Waals surface area (Å²) in [4.78, 5) is 18.4. The number of nitrogens with zero attached hydrogens (tertiary/aromatic N) is 4. The summed E-state index contributed by atoms with van der Waals surface area (Å²) in [5, 5.41) is 18.1. The summed E-state index contributed by atoms with van der Waals surface area (Å²) in [6.07, 6.45) is 6.26. The van der Waals surface area contributed by atoms with Crippen molar-refractivity contribution in [1.29, 1.82) is 5.26 Å². The third-order valence-electron chi connectivity index (χ3n) is 6.85. The van der Waals surface area contributed by atoms with Crippen molar-refractivity contribution in [3.63, 3.8) is 0 Å². The lowest BCUT2D eigenvalue weighted by atomic mass is 9.90. The van der Waals surface area contributed by atoms with Gasteiger partial charge in [0.05, 0.1) is 35.3 Å². The van der Waals surface area contributed by atoms with Crippen LogP contribution in [0.5, 0.6) is 5.75 Å². The number of nitriles is 1. The monoisotopic (exact) mass is 503 g/mol. The second-order valence-corrected chi connectivity index (χ2v) is 10.1. The van der Waals surface area contributed by atoms with Crippen LogP contribution in [0.2, 0.25) is 0 Å². The zero-order valence-electron chi connectivity index (χ0n) is 22.0. The molecule has 0 saturated heterocycles. The number of pyridine rings is 1. The van der Waals surface area contributed by atoms with Gasteiger partial charge in [-0.25, -0.2) is 9.35 Å². The van der Waals surface area contributed by atoms with Crippen molar-refractivity contribution >= 4 is 17.1 Å². The number of amides is 1. The van der Waals surface area contributed by atoms with Gasteiger partial charge in [0, 0.05) is 24.1 Å². The van der Waals surface area contributed by atoms with Crippen molar-refractivity contribution in [1.82, 2.24) is 15.1 Å². The highest BCUT2D eigenvalue weighted by molar-refractivity contribution is 5.93. The third-order valence-corrected chi connectivity index (χ3v) is 6.85. The normalized spacial score (nSPS) is 17.8. The number of fused-ring (bicyclic) bond motifs is 1. The molecule has 1 amide bonds. The van der Waals surface area contributed by atoms with Crippen LogP contribution < -0.4 is 21.3 Å². The maximum atomic E-state index is 12.6. The number of hydrogen-bond acceptors (Lipinski definition) is 7. The molecule has 9 nitrogen and oxygen atoms in total. The van der Waals surface area contributed by atoms with Crippen molar-refractivity contribution in [2.45, 2.75) is 77.5 Å². The molecule has 3 N–H and O–H groups in total. The van der Waals surface area contributed by atoms with Crippen LogP contribution in [0.1, 0.15) is 73.6 Å². The maximum absolute atomic E-state index is 12.6. The van der Waals surface area contributed by atoms with Gasteiger partial charge in [-0.05, 0) is 76.4 Å². The molecular formula is C28H35N6O3. The second-order valence-electron chi connectivity index (χ2n) is 10.1. The number of hydroxylamine groups is 1. The van der Waals surface area contributed by atoms with E-state index in [0.717, 1.165) is 42.6 Å². The van der Waals surface area contributed by atoms with Crippen LogP contribution >= 0.6 is 0 Å². The highest BCUT2D eigenvalue weighted by atomic mass is 16.7. The molecule has 1 aliphatic carbocycles. The van der Waals surface area contributed by atoms with Gasteiger partial charge in [-0.2, -0.15) is 10.4 Å². The van der Waals surface area contributed by atoms with Crippen LogP contribution in [-0.2, 0) is 11.3 Å². The molecule has 195 valence electrons. The maximum Gasteiger partial charge on any atom is 0.299 e. The first-order valence-electron chi connectivity index (χ1n) is 12.8. The van der Waals surface area contributed by atoms with Crippen LogP contribution in [0, 0.1) is 18.3 Å². The van der Waals surface area contributed by atoms with Crippen LogP contribution in [0.3, 0.4) is 0 Å². The van der Waals surface area contributed by atoms with E-state index in [9.17, 15) is 10.1 Å². The zero-order valence-corrected chi connectivity index (χ0v) is 22.0. The molecule has 9 heteroatoms. The fourth-order valence-corrected chi connectivity index (χ4v) is 4.87. The Labute approximate surface area is 217 Å². The molecule has 1 radical (unpaired) electrons. The topological polar surface area (TPSA) is 129 Å². The summed E-state index contributed by atoms with van der Waals surface area (Å²) in [7, 11) is 0. The Hall–Kier alpha value is -3.61. The molecule has 0 spiro atoms. The van der Waals surface area contributed by atoms with E-state index >= 15 is 0 Å². The molecule has 0 bridgehead atoms. The lowest BCUT2D eigenvalue weighted by Crippen LogP contribution is -2.43. The van der Waals surface area contributed by atoms with Crippen molar-refractivity contribution in [2.75, 3.05) is 11.9 Å². The quantitative estimate of drug-likeness (QED) is 0.417. The number of ether oxygens (including phenoxy) is 1.